The summed E-state index contributed by atoms with van der Waals surface area (Å²) in [6.07, 6.45) is 45.1. The van der Waals surface area contributed by atoms with E-state index in [4.69, 9.17) is 14.2 Å². The average Bonchev–Trinajstić information content (AvgIpc) is 3.11. The molecule has 286 valence electrons. The number of hydrogen-bond acceptors (Lipinski definition) is 6. The number of ether oxygens (including phenoxy) is 3. The summed E-state index contributed by atoms with van der Waals surface area (Å²) >= 11 is 0. The normalized spacial score (nSPS) is 12.6. The Hall–Kier alpha value is -2.89. The highest BCUT2D eigenvalue weighted by molar-refractivity contribution is 5.71. The molecule has 0 radical (unpaired) electrons. The lowest BCUT2D eigenvalue weighted by atomic mass is 10.1. The summed E-state index contributed by atoms with van der Waals surface area (Å²) in [5.41, 5.74) is 0. The lowest BCUT2D eigenvalue weighted by Gasteiger charge is -2.18. The van der Waals surface area contributed by atoms with Crippen LogP contribution in [0.25, 0.3) is 0 Å². The van der Waals surface area contributed by atoms with Crippen LogP contribution in [0.15, 0.2) is 60.8 Å². The molecule has 0 bridgehead atoms. The highest BCUT2D eigenvalue weighted by Crippen LogP contribution is 2.12. The molecule has 0 aromatic rings. The summed E-state index contributed by atoms with van der Waals surface area (Å²) < 4.78 is 16.5. The molecule has 0 aromatic heterocycles. The van der Waals surface area contributed by atoms with Crippen LogP contribution in [0.3, 0.4) is 0 Å². The first-order valence-electron chi connectivity index (χ1n) is 20.3. The summed E-state index contributed by atoms with van der Waals surface area (Å²) in [6.45, 7) is 6.37. The monoisotopic (exact) mass is 699 g/mol. The van der Waals surface area contributed by atoms with Gasteiger partial charge in [0.25, 0.3) is 0 Å². The van der Waals surface area contributed by atoms with E-state index in [1.807, 2.05) is 0 Å². The number of rotatable bonds is 35. The molecule has 0 heterocycles. The molecule has 1 atom stereocenters. The number of carbonyl (C=O) groups is 3. The lowest BCUT2D eigenvalue weighted by Crippen LogP contribution is -2.30. The maximum absolute atomic E-state index is 12.6. The predicted molar refractivity (Wildman–Crippen MR) is 210 cm³/mol. The summed E-state index contributed by atoms with van der Waals surface area (Å²) in [6, 6.07) is 0. The van der Waals surface area contributed by atoms with Crippen LogP contribution in [-0.4, -0.2) is 37.2 Å². The average molecular weight is 699 g/mol. The molecule has 0 fully saturated rings. The van der Waals surface area contributed by atoms with Gasteiger partial charge in [0.15, 0.2) is 6.10 Å². The van der Waals surface area contributed by atoms with Crippen molar-refractivity contribution in [3.8, 4) is 0 Å². The van der Waals surface area contributed by atoms with Crippen LogP contribution in [-0.2, 0) is 28.6 Å². The van der Waals surface area contributed by atoms with E-state index in [0.717, 1.165) is 77.0 Å². The zero-order chi connectivity index (χ0) is 36.6. The molecule has 0 rings (SSSR count). The van der Waals surface area contributed by atoms with Crippen molar-refractivity contribution in [2.24, 2.45) is 0 Å². The molecule has 0 aliphatic carbocycles. The van der Waals surface area contributed by atoms with E-state index in [9.17, 15) is 14.4 Å². The summed E-state index contributed by atoms with van der Waals surface area (Å²) in [7, 11) is 0. The van der Waals surface area contributed by atoms with Gasteiger partial charge in [-0.25, -0.2) is 0 Å². The van der Waals surface area contributed by atoms with Gasteiger partial charge in [0, 0.05) is 19.3 Å². The number of unbranched alkanes of at least 4 members (excludes halogenated alkanes) is 14. The molecule has 0 aliphatic rings. The van der Waals surface area contributed by atoms with E-state index < -0.39 is 6.10 Å². The molecule has 0 spiro atoms. The van der Waals surface area contributed by atoms with E-state index in [2.05, 4.69) is 81.5 Å². The fourth-order valence-corrected chi connectivity index (χ4v) is 5.24. The van der Waals surface area contributed by atoms with Gasteiger partial charge < -0.3 is 14.2 Å². The maximum Gasteiger partial charge on any atom is 0.306 e. The lowest BCUT2D eigenvalue weighted by molar-refractivity contribution is -0.167. The van der Waals surface area contributed by atoms with Gasteiger partial charge >= 0.3 is 17.9 Å². The van der Waals surface area contributed by atoms with Crippen LogP contribution < -0.4 is 0 Å². The van der Waals surface area contributed by atoms with Crippen molar-refractivity contribution in [3.63, 3.8) is 0 Å². The Morgan fingerprint density at radius 2 is 0.780 bits per heavy atom. The van der Waals surface area contributed by atoms with E-state index in [1.165, 1.54) is 57.8 Å². The topological polar surface area (TPSA) is 78.9 Å². The van der Waals surface area contributed by atoms with E-state index in [-0.39, 0.29) is 37.5 Å². The number of hydrogen-bond donors (Lipinski definition) is 0. The number of allylic oxidation sites excluding steroid dienone is 10. The zero-order valence-corrected chi connectivity index (χ0v) is 32.4. The summed E-state index contributed by atoms with van der Waals surface area (Å²) in [5.74, 6) is -0.972. The molecular formula is C44H74O6. The molecule has 6 nitrogen and oxygen atoms in total. The van der Waals surface area contributed by atoms with Crippen LogP contribution in [0.5, 0.6) is 0 Å². The number of carbonyl (C=O) groups excluding carboxylic acids is 3. The quantitative estimate of drug-likeness (QED) is 0.0284. The molecule has 0 aromatic carbocycles. The van der Waals surface area contributed by atoms with Crippen LogP contribution in [0.2, 0.25) is 0 Å². The molecule has 6 heteroatoms. The van der Waals surface area contributed by atoms with Crippen molar-refractivity contribution >= 4 is 17.9 Å². The Morgan fingerprint density at radius 3 is 1.22 bits per heavy atom. The molecule has 0 amide bonds. The standard InChI is InChI=1S/C44H74O6/c1-4-7-10-13-16-18-19-20-21-22-23-24-25-26-29-31-34-37-43(46)49-40-41(39-48-42(45)36-33-30-27-15-12-9-6-3)50-44(47)38-35-32-28-17-14-11-8-5-2/h7,10,16,18,20-21,23-24,26,29,41H,4-6,8-9,11-15,17,19,22,25,27-28,30-40H2,1-3H3/b10-7-,18-16-,21-20-,24-23-,29-26-. The highest BCUT2D eigenvalue weighted by Gasteiger charge is 2.19. The van der Waals surface area contributed by atoms with Crippen LogP contribution in [0, 0.1) is 0 Å². The van der Waals surface area contributed by atoms with Gasteiger partial charge in [0.2, 0.25) is 0 Å². The largest absolute Gasteiger partial charge is 0.462 e. The number of esters is 3. The first-order valence-corrected chi connectivity index (χ1v) is 20.3. The van der Waals surface area contributed by atoms with E-state index in [0.29, 0.717) is 19.3 Å². The van der Waals surface area contributed by atoms with E-state index >= 15 is 0 Å². The molecule has 0 N–H and O–H groups in total. The second-order valence-corrected chi connectivity index (χ2v) is 13.2. The van der Waals surface area contributed by atoms with Crippen molar-refractivity contribution in [1.82, 2.24) is 0 Å². The SMILES string of the molecule is CC/C=C\C/C=C\C/C=C\C/C=C\C/C=C\CCCC(=O)OCC(COC(=O)CCCCCCCCC)OC(=O)CCCCCCCCCC. The van der Waals surface area contributed by atoms with Crippen LogP contribution >= 0.6 is 0 Å². The second-order valence-electron chi connectivity index (χ2n) is 13.2. The van der Waals surface area contributed by atoms with Gasteiger partial charge in [-0.2, -0.15) is 0 Å². The summed E-state index contributed by atoms with van der Waals surface area (Å²) in [4.78, 5) is 37.3. The Labute approximate surface area is 307 Å². The fraction of sp³-hybridized carbons (Fsp3) is 0.705. The van der Waals surface area contributed by atoms with Gasteiger partial charge in [-0.3, -0.25) is 14.4 Å². The third-order valence-corrected chi connectivity index (χ3v) is 8.29. The first kappa shape index (κ1) is 47.1. The fourth-order valence-electron chi connectivity index (χ4n) is 5.24. The van der Waals surface area contributed by atoms with Crippen molar-refractivity contribution in [2.75, 3.05) is 13.2 Å². The predicted octanol–water partition coefficient (Wildman–Crippen LogP) is 12.6. The molecule has 0 saturated heterocycles. The Bertz CT molecular complexity index is 944. The third kappa shape index (κ3) is 36.4. The van der Waals surface area contributed by atoms with Gasteiger partial charge in [0.05, 0.1) is 0 Å². The second kappa shape index (κ2) is 38.9. The molecular weight excluding hydrogens is 624 g/mol. The van der Waals surface area contributed by atoms with Gasteiger partial charge in [-0.15, -0.1) is 0 Å². The van der Waals surface area contributed by atoms with Crippen molar-refractivity contribution in [1.29, 1.82) is 0 Å². The minimum atomic E-state index is -0.788. The minimum absolute atomic E-state index is 0.0915. The maximum atomic E-state index is 12.6. The van der Waals surface area contributed by atoms with Crippen molar-refractivity contribution in [2.45, 2.75) is 187 Å². The highest BCUT2D eigenvalue weighted by atomic mass is 16.6. The smallest absolute Gasteiger partial charge is 0.306 e. The zero-order valence-electron chi connectivity index (χ0n) is 32.4. The molecule has 50 heavy (non-hydrogen) atoms. The van der Waals surface area contributed by atoms with Crippen LogP contribution in [0.1, 0.15) is 181 Å². The Morgan fingerprint density at radius 1 is 0.420 bits per heavy atom. The Balaban J connectivity index is 4.39. The van der Waals surface area contributed by atoms with Gasteiger partial charge in [-0.1, -0.05) is 165 Å². The molecule has 0 aliphatic heterocycles. The summed E-state index contributed by atoms with van der Waals surface area (Å²) in [5, 5.41) is 0. The van der Waals surface area contributed by atoms with Gasteiger partial charge in [-0.05, 0) is 57.8 Å². The van der Waals surface area contributed by atoms with Gasteiger partial charge in [0.1, 0.15) is 13.2 Å². The van der Waals surface area contributed by atoms with E-state index in [1.54, 1.807) is 0 Å². The Kier molecular flexibility index (Phi) is 36.7. The van der Waals surface area contributed by atoms with Crippen molar-refractivity contribution in [3.05, 3.63) is 60.8 Å². The van der Waals surface area contributed by atoms with Crippen molar-refractivity contribution < 1.29 is 28.6 Å². The third-order valence-electron chi connectivity index (χ3n) is 8.29. The molecule has 0 saturated carbocycles. The minimum Gasteiger partial charge on any atom is -0.462 e. The van der Waals surface area contributed by atoms with Crippen LogP contribution in [0.4, 0.5) is 0 Å². The first-order chi connectivity index (χ1) is 24.5. The molecule has 1 unspecified atom stereocenters.